The molecule has 2 aromatic carbocycles. The maximum Gasteiger partial charge on any atom is 0.528 e. The van der Waals surface area contributed by atoms with E-state index in [2.05, 4.69) is 29.2 Å². The maximum atomic E-state index is 13.6. The van der Waals surface area contributed by atoms with E-state index in [4.69, 9.17) is 14.3 Å². The molecule has 0 N–H and O–H groups in total. The molecular formula is C32H43N3O5. The minimum Gasteiger partial charge on any atom is -0.497 e. The van der Waals surface area contributed by atoms with Gasteiger partial charge in [-0.3, -0.25) is 4.79 Å². The normalized spacial score (nSPS) is 23.5. The number of piperidine rings is 1. The van der Waals surface area contributed by atoms with Crippen LogP contribution in [0.3, 0.4) is 0 Å². The molecule has 3 aliphatic rings. The van der Waals surface area contributed by atoms with Crippen LogP contribution in [0.4, 0.5) is 4.79 Å². The molecular weight excluding hydrogens is 506 g/mol. The van der Waals surface area contributed by atoms with E-state index in [1.165, 1.54) is 5.56 Å². The lowest BCUT2D eigenvalue weighted by molar-refractivity contribution is -0.139. The van der Waals surface area contributed by atoms with Crippen LogP contribution in [0, 0.1) is 11.3 Å². The molecule has 3 heterocycles. The van der Waals surface area contributed by atoms with E-state index in [0.29, 0.717) is 31.5 Å². The van der Waals surface area contributed by atoms with E-state index in [1.807, 2.05) is 56.0 Å². The number of carbonyl (C=O) groups is 2. The van der Waals surface area contributed by atoms with Crippen LogP contribution in [0.25, 0.3) is 0 Å². The Morgan fingerprint density at radius 2 is 1.62 bits per heavy atom. The third-order valence-electron chi connectivity index (χ3n) is 8.67. The van der Waals surface area contributed by atoms with Gasteiger partial charge in [0.2, 0.25) is 5.91 Å². The highest BCUT2D eigenvalue weighted by Crippen LogP contribution is 2.43. The van der Waals surface area contributed by atoms with E-state index in [0.717, 1.165) is 56.8 Å². The van der Waals surface area contributed by atoms with Gasteiger partial charge < -0.3 is 24.1 Å². The van der Waals surface area contributed by atoms with Crippen molar-refractivity contribution in [2.24, 2.45) is 11.3 Å². The van der Waals surface area contributed by atoms with Crippen molar-refractivity contribution in [3.63, 3.8) is 0 Å². The Morgan fingerprint density at radius 3 is 2.27 bits per heavy atom. The molecule has 3 fully saturated rings. The molecule has 0 aromatic heterocycles. The Labute approximate surface area is 238 Å². The zero-order chi connectivity index (χ0) is 28.3. The summed E-state index contributed by atoms with van der Waals surface area (Å²) < 4.78 is 10.7. The zero-order valence-corrected chi connectivity index (χ0v) is 24.3. The molecule has 8 heteroatoms. The molecule has 8 nitrogen and oxygen atoms in total. The van der Waals surface area contributed by atoms with E-state index in [1.54, 1.807) is 12.2 Å². The van der Waals surface area contributed by atoms with Gasteiger partial charge in [-0.25, -0.2) is 4.79 Å². The second-order valence-electron chi connectivity index (χ2n) is 12.6. The molecule has 0 radical (unpaired) electrons. The van der Waals surface area contributed by atoms with E-state index in [-0.39, 0.29) is 11.3 Å². The van der Waals surface area contributed by atoms with Gasteiger partial charge in [0.1, 0.15) is 11.4 Å². The summed E-state index contributed by atoms with van der Waals surface area (Å²) in [4.78, 5) is 36.1. The average Bonchev–Trinajstić information content (AvgIpc) is 3.45. The van der Waals surface area contributed by atoms with Crippen molar-refractivity contribution >= 4 is 12.1 Å². The lowest BCUT2D eigenvalue weighted by atomic mass is 9.76. The van der Waals surface area contributed by atoms with Gasteiger partial charge in [0, 0.05) is 38.6 Å². The van der Waals surface area contributed by atoms with Crippen molar-refractivity contribution in [3.8, 4) is 5.75 Å². The van der Waals surface area contributed by atoms with Gasteiger partial charge >= 0.3 is 6.16 Å². The molecule has 3 saturated heterocycles. The van der Waals surface area contributed by atoms with Crippen molar-refractivity contribution in [2.75, 3.05) is 46.4 Å². The van der Waals surface area contributed by atoms with Crippen LogP contribution >= 0.6 is 0 Å². The van der Waals surface area contributed by atoms with Crippen molar-refractivity contribution < 1.29 is 23.9 Å². The van der Waals surface area contributed by atoms with E-state index >= 15 is 0 Å². The van der Waals surface area contributed by atoms with E-state index < -0.39 is 11.8 Å². The van der Waals surface area contributed by atoms with Crippen LogP contribution in [0.15, 0.2) is 54.6 Å². The third kappa shape index (κ3) is 6.61. The smallest absolute Gasteiger partial charge is 0.497 e. The molecule has 0 aliphatic carbocycles. The van der Waals surface area contributed by atoms with Crippen LogP contribution in [0.2, 0.25) is 0 Å². The summed E-state index contributed by atoms with van der Waals surface area (Å²) in [6.07, 6.45) is 2.07. The van der Waals surface area contributed by atoms with Crippen molar-refractivity contribution in [1.29, 1.82) is 0 Å². The number of amides is 1. The zero-order valence-electron chi connectivity index (χ0n) is 24.3. The molecule has 1 amide bonds. The Balaban J connectivity index is 1.18. The Bertz CT molecular complexity index is 1160. The molecule has 0 unspecified atom stereocenters. The number of ether oxygens (including phenoxy) is 2. The largest absolute Gasteiger partial charge is 0.528 e. The summed E-state index contributed by atoms with van der Waals surface area (Å²) in [5, 5.41) is 1.76. The van der Waals surface area contributed by atoms with Gasteiger partial charge in [-0.15, -0.1) is 5.06 Å². The minimum absolute atomic E-state index is 0.233. The molecule has 5 rings (SSSR count). The maximum absolute atomic E-state index is 13.6. The minimum atomic E-state index is -0.654. The quantitative estimate of drug-likeness (QED) is 0.446. The number of nitrogens with zero attached hydrogens (tertiary/aromatic N) is 3. The lowest BCUT2D eigenvalue weighted by Crippen LogP contribution is -2.46. The summed E-state index contributed by atoms with van der Waals surface area (Å²) in [5.41, 5.74) is 1.57. The molecule has 1 spiro atoms. The highest BCUT2D eigenvalue weighted by atomic mass is 16.8. The molecule has 40 heavy (non-hydrogen) atoms. The van der Waals surface area contributed by atoms with Gasteiger partial charge in [-0.2, -0.15) is 0 Å². The molecule has 2 atom stereocenters. The number of likely N-dealkylation sites (tertiary alicyclic amines) is 2. The highest BCUT2D eigenvalue weighted by molar-refractivity contribution is 5.85. The first-order valence-electron chi connectivity index (χ1n) is 14.5. The molecule has 2 aromatic rings. The highest BCUT2D eigenvalue weighted by Gasteiger charge is 2.48. The summed E-state index contributed by atoms with van der Waals surface area (Å²) >= 11 is 0. The Hall–Kier alpha value is -3.10. The summed E-state index contributed by atoms with van der Waals surface area (Å²) in [6, 6.07) is 18.5. The molecule has 0 saturated carbocycles. The Morgan fingerprint density at radius 1 is 0.950 bits per heavy atom. The van der Waals surface area contributed by atoms with Gasteiger partial charge in [-0.05, 0) is 82.3 Å². The van der Waals surface area contributed by atoms with Gasteiger partial charge in [0.25, 0.3) is 0 Å². The topological polar surface area (TPSA) is 71.6 Å². The number of methoxy groups -OCH3 is 1. The van der Waals surface area contributed by atoms with Gasteiger partial charge in [0.15, 0.2) is 0 Å². The first kappa shape index (κ1) is 28.4. The van der Waals surface area contributed by atoms with Gasteiger partial charge in [-0.1, -0.05) is 42.5 Å². The number of hydrogen-bond donors (Lipinski definition) is 0. The van der Waals surface area contributed by atoms with Crippen molar-refractivity contribution in [2.45, 2.75) is 58.1 Å². The number of carbonyl (C=O) groups excluding carboxylic acids is 2. The molecule has 216 valence electrons. The Kier molecular flexibility index (Phi) is 8.38. The number of rotatable bonds is 7. The summed E-state index contributed by atoms with van der Waals surface area (Å²) in [7, 11) is 1.66. The molecule has 3 aliphatic heterocycles. The SMILES string of the molecule is COc1ccc(CN2CCC3(CCN(C[C@H]4CN(OC(=O)OC(C)(C)C)C[C@@H]4c4ccccc4)CC3)C2=O)cc1. The fourth-order valence-electron chi connectivity index (χ4n) is 6.50. The molecule has 0 bridgehead atoms. The first-order valence-corrected chi connectivity index (χ1v) is 14.5. The van der Waals surface area contributed by atoms with Crippen molar-refractivity contribution in [1.82, 2.24) is 14.9 Å². The summed E-state index contributed by atoms with van der Waals surface area (Å²) in [6.45, 7) is 11.0. The number of hydroxylamine groups is 2. The average molecular weight is 550 g/mol. The second kappa shape index (κ2) is 11.8. The van der Waals surface area contributed by atoms with Crippen molar-refractivity contribution in [3.05, 3.63) is 65.7 Å². The number of benzene rings is 2. The fourth-order valence-corrected chi connectivity index (χ4v) is 6.50. The standard InChI is InChI=1S/C32H43N3O5/c1-31(2,3)39-30(37)40-35-22-26(28(23-35)25-8-6-5-7-9-25)21-33-17-14-32(15-18-33)16-19-34(29(32)36)20-24-10-12-27(38-4)13-11-24/h5-13,26,28H,14-23H2,1-4H3/t26-,28+/m0/s1. The predicted molar refractivity (Wildman–Crippen MR) is 153 cm³/mol. The lowest BCUT2D eigenvalue weighted by Gasteiger charge is -2.39. The van der Waals surface area contributed by atoms with Crippen LogP contribution in [0.5, 0.6) is 5.75 Å². The van der Waals surface area contributed by atoms with Crippen LogP contribution in [-0.2, 0) is 20.9 Å². The number of hydrogen-bond acceptors (Lipinski definition) is 7. The van der Waals surface area contributed by atoms with E-state index in [9.17, 15) is 9.59 Å². The second-order valence-corrected chi connectivity index (χ2v) is 12.6. The third-order valence-corrected chi connectivity index (χ3v) is 8.67. The van der Waals surface area contributed by atoms with Gasteiger partial charge in [0.05, 0.1) is 12.5 Å². The summed E-state index contributed by atoms with van der Waals surface area (Å²) in [5.74, 6) is 1.71. The first-order chi connectivity index (χ1) is 19.1. The fraction of sp³-hybridized carbons (Fsp3) is 0.562. The monoisotopic (exact) mass is 549 g/mol. The van der Waals surface area contributed by atoms with Crippen LogP contribution in [-0.4, -0.2) is 78.9 Å². The predicted octanol–water partition coefficient (Wildman–Crippen LogP) is 5.09. The van der Waals surface area contributed by atoms with Crippen LogP contribution < -0.4 is 4.74 Å². The van der Waals surface area contributed by atoms with Crippen LogP contribution in [0.1, 0.15) is 57.1 Å².